The third-order valence-electron chi connectivity index (χ3n) is 5.98. The summed E-state index contributed by atoms with van der Waals surface area (Å²) in [5, 5.41) is 3.03. The van der Waals surface area contributed by atoms with Crippen molar-refractivity contribution in [2.45, 2.75) is 118 Å². The van der Waals surface area contributed by atoms with Crippen LogP contribution in [0.5, 0.6) is 0 Å². The van der Waals surface area contributed by atoms with Crippen molar-refractivity contribution in [2.75, 3.05) is 6.61 Å². The Labute approximate surface area is 192 Å². The van der Waals surface area contributed by atoms with Crippen molar-refractivity contribution in [3.8, 4) is 0 Å². The fourth-order valence-electron chi connectivity index (χ4n) is 3.88. The zero-order chi connectivity index (χ0) is 22.9. The van der Waals surface area contributed by atoms with Gasteiger partial charge in [-0.2, -0.15) is 0 Å². The summed E-state index contributed by atoms with van der Waals surface area (Å²) in [7, 11) is 0. The lowest BCUT2D eigenvalue weighted by Crippen LogP contribution is -2.34. The van der Waals surface area contributed by atoms with Gasteiger partial charge in [0, 0.05) is 6.04 Å². The molecule has 1 rings (SSSR count). The molecule has 1 aliphatic rings. The van der Waals surface area contributed by atoms with Gasteiger partial charge in [0.2, 0.25) is 0 Å². The average Bonchev–Trinajstić information content (AvgIpc) is 2.96. The maximum atomic E-state index is 12.0. The zero-order valence-corrected chi connectivity index (χ0v) is 20.9. The molecule has 31 heavy (non-hydrogen) atoms. The van der Waals surface area contributed by atoms with Crippen LogP contribution in [0.4, 0.5) is 4.79 Å². The first-order chi connectivity index (χ1) is 14.9. The molecule has 3 nitrogen and oxygen atoms in total. The number of amides is 1. The van der Waals surface area contributed by atoms with Crippen molar-refractivity contribution in [3.05, 3.63) is 46.6 Å². The van der Waals surface area contributed by atoms with Crippen LogP contribution in [-0.2, 0) is 4.74 Å². The molecule has 1 amide bonds. The Bertz CT molecular complexity index is 627. The van der Waals surface area contributed by atoms with E-state index in [0.717, 1.165) is 44.9 Å². The van der Waals surface area contributed by atoms with Crippen LogP contribution in [0.15, 0.2) is 46.6 Å². The molecule has 0 saturated heterocycles. The summed E-state index contributed by atoms with van der Waals surface area (Å²) in [5.74, 6) is 0. The Balaban J connectivity index is 2.18. The van der Waals surface area contributed by atoms with Crippen LogP contribution in [0.3, 0.4) is 0 Å². The number of hydrogen-bond acceptors (Lipinski definition) is 2. The summed E-state index contributed by atoms with van der Waals surface area (Å²) in [6.45, 7) is 11.3. The number of carbonyl (C=O) groups is 1. The third-order valence-corrected chi connectivity index (χ3v) is 5.98. The standard InChI is InChI=1S/C28H47NO2/c1-23(2)13-10-14-24(3)15-11-16-25(4)17-12-18-26(5)21-22-31-28(30)29-27-19-8-6-7-9-20-27/h13,15,17,21,27H,6-12,14,16,18-20,22H2,1-5H3,(H,29,30). The quantitative estimate of drug-likeness (QED) is 0.249. The maximum Gasteiger partial charge on any atom is 0.407 e. The van der Waals surface area contributed by atoms with E-state index in [1.165, 1.54) is 54.4 Å². The molecule has 0 bridgehead atoms. The summed E-state index contributed by atoms with van der Waals surface area (Å²) in [6.07, 6.45) is 22.6. The lowest BCUT2D eigenvalue weighted by Gasteiger charge is -2.15. The van der Waals surface area contributed by atoms with Gasteiger partial charge in [-0.25, -0.2) is 4.79 Å². The van der Waals surface area contributed by atoms with Crippen LogP contribution in [0, 0.1) is 0 Å². The molecule has 0 radical (unpaired) electrons. The van der Waals surface area contributed by atoms with Crippen LogP contribution in [0.2, 0.25) is 0 Å². The van der Waals surface area contributed by atoms with Gasteiger partial charge in [0.25, 0.3) is 0 Å². The van der Waals surface area contributed by atoms with E-state index in [2.05, 4.69) is 58.2 Å². The molecule has 3 heteroatoms. The van der Waals surface area contributed by atoms with Gasteiger partial charge < -0.3 is 10.1 Å². The van der Waals surface area contributed by atoms with Crippen molar-refractivity contribution >= 4 is 6.09 Å². The van der Waals surface area contributed by atoms with E-state index in [4.69, 9.17) is 4.74 Å². The van der Waals surface area contributed by atoms with Crippen LogP contribution < -0.4 is 5.32 Å². The number of nitrogens with one attached hydrogen (secondary N) is 1. The molecule has 0 heterocycles. The normalized spacial score (nSPS) is 16.6. The van der Waals surface area contributed by atoms with Crippen molar-refractivity contribution < 1.29 is 9.53 Å². The minimum atomic E-state index is -0.268. The first-order valence-corrected chi connectivity index (χ1v) is 12.4. The number of hydrogen-bond donors (Lipinski definition) is 1. The monoisotopic (exact) mass is 429 g/mol. The Kier molecular flexibility index (Phi) is 14.8. The molecule has 0 atom stereocenters. The molecule has 0 aromatic rings. The van der Waals surface area contributed by atoms with E-state index in [1.807, 2.05) is 6.08 Å². The Morgan fingerprint density at radius 2 is 1.23 bits per heavy atom. The van der Waals surface area contributed by atoms with E-state index >= 15 is 0 Å². The van der Waals surface area contributed by atoms with Gasteiger partial charge in [0.1, 0.15) is 6.61 Å². The molecule has 1 aliphatic carbocycles. The highest BCUT2D eigenvalue weighted by molar-refractivity contribution is 5.67. The topological polar surface area (TPSA) is 38.3 Å². The minimum absolute atomic E-state index is 0.268. The molecule has 1 fully saturated rings. The summed E-state index contributed by atoms with van der Waals surface area (Å²) in [5.41, 5.74) is 5.63. The molecule has 0 aliphatic heterocycles. The van der Waals surface area contributed by atoms with Gasteiger partial charge >= 0.3 is 6.09 Å². The molecular formula is C28H47NO2. The number of carbonyl (C=O) groups excluding carboxylic acids is 1. The molecule has 0 aromatic carbocycles. The van der Waals surface area contributed by atoms with E-state index in [-0.39, 0.29) is 6.09 Å². The van der Waals surface area contributed by atoms with E-state index in [1.54, 1.807) is 0 Å². The Hall–Kier alpha value is -1.77. The van der Waals surface area contributed by atoms with Crippen LogP contribution in [0.25, 0.3) is 0 Å². The van der Waals surface area contributed by atoms with Crippen molar-refractivity contribution in [2.24, 2.45) is 0 Å². The van der Waals surface area contributed by atoms with Crippen molar-refractivity contribution in [3.63, 3.8) is 0 Å². The minimum Gasteiger partial charge on any atom is -0.445 e. The molecule has 1 saturated carbocycles. The van der Waals surface area contributed by atoms with Gasteiger partial charge in [0.05, 0.1) is 0 Å². The van der Waals surface area contributed by atoms with Crippen molar-refractivity contribution in [1.29, 1.82) is 0 Å². The first-order valence-electron chi connectivity index (χ1n) is 12.4. The number of alkyl carbamates (subject to hydrolysis) is 1. The molecular weight excluding hydrogens is 382 g/mol. The van der Waals surface area contributed by atoms with E-state index in [0.29, 0.717) is 12.6 Å². The predicted molar refractivity (Wildman–Crippen MR) is 134 cm³/mol. The van der Waals surface area contributed by atoms with Gasteiger partial charge in [-0.15, -0.1) is 0 Å². The summed E-state index contributed by atoms with van der Waals surface area (Å²) >= 11 is 0. The van der Waals surface area contributed by atoms with Crippen LogP contribution in [0.1, 0.15) is 112 Å². The Morgan fingerprint density at radius 3 is 1.74 bits per heavy atom. The zero-order valence-electron chi connectivity index (χ0n) is 20.9. The smallest absolute Gasteiger partial charge is 0.407 e. The van der Waals surface area contributed by atoms with Gasteiger partial charge in [-0.1, -0.05) is 66.2 Å². The van der Waals surface area contributed by atoms with Crippen molar-refractivity contribution in [1.82, 2.24) is 5.32 Å². The number of allylic oxidation sites excluding steroid dienone is 7. The molecule has 0 unspecified atom stereocenters. The highest BCUT2D eigenvalue weighted by Crippen LogP contribution is 2.17. The second kappa shape index (κ2) is 16.9. The van der Waals surface area contributed by atoms with E-state index < -0.39 is 0 Å². The fraction of sp³-hybridized carbons (Fsp3) is 0.679. The second-order valence-corrected chi connectivity index (χ2v) is 9.48. The van der Waals surface area contributed by atoms with Crippen LogP contribution in [-0.4, -0.2) is 18.7 Å². The highest BCUT2D eigenvalue weighted by atomic mass is 16.5. The van der Waals surface area contributed by atoms with Gasteiger partial charge in [-0.3, -0.25) is 0 Å². The Morgan fingerprint density at radius 1 is 0.742 bits per heavy atom. The lowest BCUT2D eigenvalue weighted by molar-refractivity contribution is 0.152. The van der Waals surface area contributed by atoms with Gasteiger partial charge in [-0.05, 0) is 92.1 Å². The number of ether oxygens (including phenoxy) is 1. The lowest BCUT2D eigenvalue weighted by atomic mass is 10.0. The van der Waals surface area contributed by atoms with E-state index in [9.17, 15) is 4.79 Å². The predicted octanol–water partition coefficient (Wildman–Crippen LogP) is 8.58. The largest absolute Gasteiger partial charge is 0.445 e. The maximum absolute atomic E-state index is 12.0. The molecule has 0 aromatic heterocycles. The molecule has 0 spiro atoms. The first kappa shape index (κ1) is 27.3. The SMILES string of the molecule is CC(C)=CCCC(C)=CCCC(C)=CCCC(C)=CCOC(=O)NC1CCCCCC1. The van der Waals surface area contributed by atoms with Crippen LogP contribution >= 0.6 is 0 Å². The highest BCUT2D eigenvalue weighted by Gasteiger charge is 2.14. The number of rotatable bonds is 12. The second-order valence-electron chi connectivity index (χ2n) is 9.48. The molecule has 176 valence electrons. The molecule has 1 N–H and O–H groups in total. The fourth-order valence-corrected chi connectivity index (χ4v) is 3.88. The summed E-state index contributed by atoms with van der Waals surface area (Å²) in [4.78, 5) is 12.0. The third kappa shape index (κ3) is 15.6. The average molecular weight is 430 g/mol. The summed E-state index contributed by atoms with van der Waals surface area (Å²) in [6, 6.07) is 0.296. The van der Waals surface area contributed by atoms with Gasteiger partial charge in [0.15, 0.2) is 0 Å². The summed E-state index contributed by atoms with van der Waals surface area (Å²) < 4.78 is 5.35.